The van der Waals surface area contributed by atoms with Gasteiger partial charge in [0.2, 0.25) is 5.91 Å². The molecule has 0 heterocycles. The lowest BCUT2D eigenvalue weighted by Gasteiger charge is -2.16. The Kier molecular flexibility index (Phi) is 8.60. The van der Waals surface area contributed by atoms with Crippen LogP contribution in [0.2, 0.25) is 0 Å². The van der Waals surface area contributed by atoms with Crippen LogP contribution < -0.4 is 16.8 Å². The lowest BCUT2D eigenvalue weighted by Crippen LogP contribution is -2.36. The van der Waals surface area contributed by atoms with Gasteiger partial charge in [0, 0.05) is 0 Å². The van der Waals surface area contributed by atoms with E-state index in [1.54, 1.807) is 30.3 Å². The van der Waals surface area contributed by atoms with Crippen LogP contribution >= 0.6 is 24.0 Å². The smallest absolute Gasteiger partial charge is 0.275 e. The quantitative estimate of drug-likeness (QED) is 0.358. The van der Waals surface area contributed by atoms with Crippen molar-refractivity contribution in [3.05, 3.63) is 71.8 Å². The maximum absolute atomic E-state index is 12.5. The minimum atomic E-state index is -1.00. The van der Waals surface area contributed by atoms with Gasteiger partial charge in [-0.15, -0.1) is 0 Å². The number of benzene rings is 2. The van der Waals surface area contributed by atoms with E-state index in [1.165, 1.54) is 0 Å². The second-order valence-electron chi connectivity index (χ2n) is 5.60. The van der Waals surface area contributed by atoms with Crippen LogP contribution in [0.5, 0.6) is 0 Å². The van der Waals surface area contributed by atoms with E-state index in [1.807, 2.05) is 30.3 Å². The number of rotatable bonds is 7. The van der Waals surface area contributed by atoms with Crippen molar-refractivity contribution in [2.24, 2.45) is 16.5 Å². The van der Waals surface area contributed by atoms with Crippen LogP contribution in [0, 0.1) is 0 Å². The number of carbonyl (C=O) groups is 2. The largest absolute Gasteiger partial charge is 0.384 e. The zero-order valence-electron chi connectivity index (χ0n) is 14.9. The molecule has 2 aromatic carbocycles. The van der Waals surface area contributed by atoms with Crippen molar-refractivity contribution in [1.82, 2.24) is 5.32 Å². The molecular formula is C19H20N4O3S2. The van der Waals surface area contributed by atoms with Gasteiger partial charge >= 0.3 is 0 Å². The molecule has 0 bridgehead atoms. The lowest BCUT2D eigenvalue weighted by molar-refractivity contribution is -0.130. The Balaban J connectivity index is 2.02. The number of nitrogens with one attached hydrogen (secondary N) is 1. The van der Waals surface area contributed by atoms with Crippen LogP contribution in [0.15, 0.2) is 65.7 Å². The first-order chi connectivity index (χ1) is 13.5. The molecule has 2 rings (SSSR count). The van der Waals surface area contributed by atoms with Crippen LogP contribution in [-0.4, -0.2) is 27.9 Å². The van der Waals surface area contributed by atoms with Crippen LogP contribution in [0.1, 0.15) is 17.2 Å². The predicted octanol–water partition coefficient (Wildman–Crippen LogP) is 1.88. The van der Waals surface area contributed by atoms with Crippen LogP contribution in [0.4, 0.5) is 0 Å². The summed E-state index contributed by atoms with van der Waals surface area (Å²) in [6, 6.07) is 17.2. The Morgan fingerprint density at radius 2 is 1.68 bits per heavy atom. The summed E-state index contributed by atoms with van der Waals surface area (Å²) in [7, 11) is 0. The molecule has 0 fully saturated rings. The third-order valence-electron chi connectivity index (χ3n) is 3.46. The van der Waals surface area contributed by atoms with E-state index in [0.29, 0.717) is 5.56 Å². The number of hydrogen-bond acceptors (Lipinski definition) is 5. The molecule has 1 atom stereocenters. The highest BCUT2D eigenvalue weighted by Crippen LogP contribution is 2.15. The number of nitrogens with two attached hydrogens (primary N) is 2. The monoisotopic (exact) mass is 416 g/mol. The number of nitrogens with zero attached hydrogens (tertiary/aromatic N) is 1. The summed E-state index contributed by atoms with van der Waals surface area (Å²) in [6.45, 7) is 0.0836. The minimum absolute atomic E-state index is 0.0451. The maximum Gasteiger partial charge on any atom is 0.275 e. The van der Waals surface area contributed by atoms with Gasteiger partial charge in [0.1, 0.15) is 17.0 Å². The molecule has 5 N–H and O–H groups in total. The van der Waals surface area contributed by atoms with Gasteiger partial charge in [-0.1, -0.05) is 72.9 Å². The Morgan fingerprint density at radius 3 is 2.29 bits per heavy atom. The first-order valence-corrected chi connectivity index (χ1v) is 9.49. The van der Waals surface area contributed by atoms with E-state index in [9.17, 15) is 9.59 Å². The van der Waals surface area contributed by atoms with Crippen molar-refractivity contribution in [3.8, 4) is 0 Å². The highest BCUT2D eigenvalue weighted by atomic mass is 32.2. The van der Waals surface area contributed by atoms with Crippen molar-refractivity contribution >= 4 is 45.3 Å². The van der Waals surface area contributed by atoms with Crippen molar-refractivity contribution in [1.29, 1.82) is 0 Å². The van der Waals surface area contributed by atoms with Crippen molar-refractivity contribution in [2.45, 2.75) is 12.6 Å². The van der Waals surface area contributed by atoms with Gasteiger partial charge < -0.3 is 21.5 Å². The highest BCUT2D eigenvalue weighted by Gasteiger charge is 2.23. The molecule has 0 saturated carbocycles. The number of amidine groups is 1. The summed E-state index contributed by atoms with van der Waals surface area (Å²) in [4.78, 5) is 28.6. The average Bonchev–Trinajstić information content (AvgIpc) is 2.67. The Labute approximate surface area is 172 Å². The maximum atomic E-state index is 12.5. The zero-order chi connectivity index (χ0) is 20.4. The second kappa shape index (κ2) is 11.2. The molecule has 28 heavy (non-hydrogen) atoms. The molecule has 9 heteroatoms. The van der Waals surface area contributed by atoms with Crippen LogP contribution in [-0.2, 0) is 20.9 Å². The fourth-order valence-corrected chi connectivity index (χ4v) is 2.87. The highest BCUT2D eigenvalue weighted by molar-refractivity contribution is 8.32. The van der Waals surface area contributed by atoms with Gasteiger partial charge in [0.25, 0.3) is 5.91 Å². The Morgan fingerprint density at radius 1 is 1.07 bits per heavy atom. The van der Waals surface area contributed by atoms with Gasteiger partial charge in [-0.05, 0) is 22.9 Å². The number of hydrogen-bond donors (Lipinski definition) is 3. The number of thiocarbonyl (C=S) groups is 1. The third-order valence-corrected chi connectivity index (χ3v) is 4.21. The summed E-state index contributed by atoms with van der Waals surface area (Å²) in [6.07, 6.45) is 0. The molecule has 0 aromatic heterocycles. The van der Waals surface area contributed by atoms with E-state index in [0.717, 1.165) is 17.3 Å². The molecule has 1 unspecified atom stereocenters. The Bertz CT molecular complexity index is 845. The second-order valence-corrected chi connectivity index (χ2v) is 7.36. The number of amides is 2. The van der Waals surface area contributed by atoms with Gasteiger partial charge in [-0.2, -0.15) is 4.99 Å². The Hall–Kier alpha value is -2.75. The van der Waals surface area contributed by atoms with Crippen molar-refractivity contribution < 1.29 is 14.3 Å². The summed E-state index contributed by atoms with van der Waals surface area (Å²) in [5.74, 6) is -1.09. The van der Waals surface area contributed by atoms with Gasteiger partial charge in [-0.25, -0.2) is 0 Å². The zero-order valence-corrected chi connectivity index (χ0v) is 16.5. The molecule has 0 aliphatic carbocycles. The topological polar surface area (TPSA) is 120 Å². The molecule has 7 nitrogen and oxygen atoms in total. The van der Waals surface area contributed by atoms with E-state index in [2.05, 4.69) is 10.3 Å². The summed E-state index contributed by atoms with van der Waals surface area (Å²) >= 11 is 5.53. The first kappa shape index (κ1) is 21.5. The molecular weight excluding hydrogens is 396 g/mol. The molecule has 2 aromatic rings. The molecule has 0 aliphatic rings. The summed E-state index contributed by atoms with van der Waals surface area (Å²) in [5, 5.41) is 2.54. The van der Waals surface area contributed by atoms with E-state index in [4.69, 9.17) is 28.4 Å². The summed E-state index contributed by atoms with van der Waals surface area (Å²) < 4.78 is 5.46. The van der Waals surface area contributed by atoms with Crippen LogP contribution in [0.25, 0.3) is 0 Å². The molecule has 0 saturated heterocycles. The lowest BCUT2D eigenvalue weighted by atomic mass is 10.1. The van der Waals surface area contributed by atoms with E-state index < -0.39 is 17.9 Å². The minimum Gasteiger partial charge on any atom is -0.384 e. The predicted molar refractivity (Wildman–Crippen MR) is 114 cm³/mol. The third kappa shape index (κ3) is 7.47. The number of thioether (sulfide) groups is 1. The average molecular weight is 417 g/mol. The molecule has 146 valence electrons. The van der Waals surface area contributed by atoms with Crippen molar-refractivity contribution in [3.63, 3.8) is 0 Å². The van der Waals surface area contributed by atoms with E-state index in [-0.39, 0.29) is 22.7 Å². The van der Waals surface area contributed by atoms with Gasteiger partial charge in [0.05, 0.1) is 6.61 Å². The molecule has 0 spiro atoms. The van der Waals surface area contributed by atoms with Gasteiger partial charge in [0.15, 0.2) is 5.17 Å². The van der Waals surface area contributed by atoms with E-state index >= 15 is 0 Å². The van der Waals surface area contributed by atoms with Gasteiger partial charge in [-0.3, -0.25) is 9.59 Å². The number of carbonyl (C=O) groups excluding carboxylic acids is 2. The fourth-order valence-electron chi connectivity index (χ4n) is 2.27. The first-order valence-electron chi connectivity index (χ1n) is 8.27. The normalized spacial score (nSPS) is 12.2. The SMILES string of the molecule is NC(=S)SC(N)=NC(=O)C(NC(=O)COCc1ccccc1)c1ccccc1. The number of ether oxygens (including phenoxy) is 1. The number of aliphatic imine (C=N–C) groups is 1. The van der Waals surface area contributed by atoms with Crippen molar-refractivity contribution in [2.75, 3.05) is 6.61 Å². The standard InChI is InChI=1S/C19H20N4O3S2/c20-18(28-19(21)27)23-17(25)16(14-9-5-2-6-10-14)22-15(24)12-26-11-13-7-3-1-4-8-13/h1-10,16H,11-12H2,(H2,21,27)(H,22,24)(H2,20,23,25). The molecule has 0 aliphatic heterocycles. The molecule has 0 radical (unpaired) electrons. The summed E-state index contributed by atoms with van der Waals surface area (Å²) in [5.41, 5.74) is 12.5. The fraction of sp³-hybridized carbons (Fsp3) is 0.158. The van der Waals surface area contributed by atoms with Crippen LogP contribution in [0.3, 0.4) is 0 Å². The molecule has 2 amide bonds.